The number of carboxylic acids is 1. The number of piperazine rings is 1. The molecule has 0 aliphatic carbocycles. The third-order valence-electron chi connectivity index (χ3n) is 3.92. The van der Waals surface area contributed by atoms with Crippen molar-refractivity contribution >= 4 is 5.97 Å². The van der Waals surface area contributed by atoms with E-state index in [2.05, 4.69) is 9.80 Å². The maximum Gasteiger partial charge on any atom is 0.323 e. The van der Waals surface area contributed by atoms with Crippen LogP contribution in [0.15, 0.2) is 0 Å². The van der Waals surface area contributed by atoms with Crippen LogP contribution in [0.3, 0.4) is 0 Å². The summed E-state index contributed by atoms with van der Waals surface area (Å²) in [6.45, 7) is 4.18. The van der Waals surface area contributed by atoms with E-state index in [1.807, 2.05) is 0 Å². The number of methoxy groups -OCH3 is 1. The number of carboxylic acid groups (broad SMARTS) is 1. The number of hydrogen-bond donors (Lipinski definition) is 1. The number of fused-ring (bicyclic) bond motifs is 1. The van der Waals surface area contributed by atoms with Crippen LogP contribution in [-0.4, -0.2) is 72.9 Å². The van der Waals surface area contributed by atoms with E-state index >= 15 is 0 Å². The van der Waals surface area contributed by atoms with Crippen molar-refractivity contribution in [1.29, 1.82) is 0 Å². The second-order valence-corrected chi connectivity index (χ2v) is 4.99. The van der Waals surface area contributed by atoms with Gasteiger partial charge >= 0.3 is 5.97 Å². The lowest BCUT2D eigenvalue weighted by Crippen LogP contribution is -2.59. The van der Waals surface area contributed by atoms with E-state index in [1.165, 1.54) is 25.8 Å². The number of ether oxygens (including phenoxy) is 1. The second kappa shape index (κ2) is 5.80. The molecular formula is C12H22N2O3. The van der Waals surface area contributed by atoms with E-state index in [-0.39, 0.29) is 6.61 Å². The summed E-state index contributed by atoms with van der Waals surface area (Å²) in [5.41, 5.74) is 0. The van der Waals surface area contributed by atoms with Crippen molar-refractivity contribution in [2.75, 3.05) is 39.9 Å². The molecule has 0 saturated carbocycles. The van der Waals surface area contributed by atoms with Crippen molar-refractivity contribution in [3.8, 4) is 0 Å². The fourth-order valence-corrected chi connectivity index (χ4v) is 2.95. The molecule has 17 heavy (non-hydrogen) atoms. The van der Waals surface area contributed by atoms with Gasteiger partial charge in [-0.2, -0.15) is 0 Å². The Kier molecular flexibility index (Phi) is 4.36. The number of carbonyl (C=O) groups is 1. The highest BCUT2D eigenvalue weighted by Crippen LogP contribution is 2.22. The first-order valence-corrected chi connectivity index (χ1v) is 6.42. The zero-order valence-corrected chi connectivity index (χ0v) is 10.5. The largest absolute Gasteiger partial charge is 0.480 e. The van der Waals surface area contributed by atoms with Gasteiger partial charge in [0.2, 0.25) is 0 Å². The third kappa shape index (κ3) is 2.97. The molecule has 5 nitrogen and oxygen atoms in total. The van der Waals surface area contributed by atoms with Gasteiger partial charge in [0.15, 0.2) is 0 Å². The van der Waals surface area contributed by atoms with Gasteiger partial charge in [-0.15, -0.1) is 0 Å². The molecule has 2 fully saturated rings. The normalized spacial score (nSPS) is 28.6. The van der Waals surface area contributed by atoms with Crippen molar-refractivity contribution in [3.05, 3.63) is 0 Å². The van der Waals surface area contributed by atoms with Crippen LogP contribution >= 0.6 is 0 Å². The summed E-state index contributed by atoms with van der Waals surface area (Å²) in [6, 6.07) is 0.0697. The zero-order chi connectivity index (χ0) is 12.3. The van der Waals surface area contributed by atoms with E-state index in [4.69, 9.17) is 4.74 Å². The van der Waals surface area contributed by atoms with Gasteiger partial charge in [-0.3, -0.25) is 14.6 Å². The maximum atomic E-state index is 11.2. The monoisotopic (exact) mass is 242 g/mol. The summed E-state index contributed by atoms with van der Waals surface area (Å²) in [5, 5.41) is 9.22. The smallest absolute Gasteiger partial charge is 0.323 e. The van der Waals surface area contributed by atoms with Crippen molar-refractivity contribution in [2.24, 2.45) is 0 Å². The summed E-state index contributed by atoms with van der Waals surface area (Å²) >= 11 is 0. The lowest BCUT2D eigenvalue weighted by Gasteiger charge is -2.45. The number of aliphatic carboxylic acids is 1. The van der Waals surface area contributed by atoms with E-state index in [9.17, 15) is 9.90 Å². The van der Waals surface area contributed by atoms with Gasteiger partial charge in [-0.25, -0.2) is 0 Å². The quantitative estimate of drug-likeness (QED) is 0.766. The first-order chi connectivity index (χ1) is 8.22. The summed E-state index contributed by atoms with van der Waals surface area (Å²) in [4.78, 5) is 15.8. The topological polar surface area (TPSA) is 53.0 Å². The van der Waals surface area contributed by atoms with Crippen molar-refractivity contribution in [1.82, 2.24) is 9.80 Å². The minimum Gasteiger partial charge on any atom is -0.480 e. The number of rotatable bonds is 4. The van der Waals surface area contributed by atoms with Gasteiger partial charge in [-0.05, 0) is 19.4 Å². The Hall–Kier alpha value is -0.650. The standard InChI is InChI=1S/C12H22N2O3/c1-17-9-11(12(15)16)14-7-6-13-5-3-2-4-10(13)8-14/h10-11H,2-9H2,1H3,(H,15,16). The van der Waals surface area contributed by atoms with Gasteiger partial charge in [0.05, 0.1) is 6.61 Å². The lowest BCUT2D eigenvalue weighted by molar-refractivity contribution is -0.147. The zero-order valence-electron chi connectivity index (χ0n) is 10.5. The van der Waals surface area contributed by atoms with Gasteiger partial charge in [0, 0.05) is 32.8 Å². The minimum atomic E-state index is -0.767. The van der Waals surface area contributed by atoms with Crippen LogP contribution in [-0.2, 0) is 9.53 Å². The summed E-state index contributed by atoms with van der Waals surface area (Å²) in [7, 11) is 1.56. The molecule has 98 valence electrons. The molecule has 2 rings (SSSR count). The van der Waals surface area contributed by atoms with Crippen LogP contribution in [0, 0.1) is 0 Å². The van der Waals surface area contributed by atoms with E-state index in [1.54, 1.807) is 7.11 Å². The minimum absolute atomic E-state index is 0.280. The molecule has 2 saturated heterocycles. The Bertz CT molecular complexity index is 272. The Morgan fingerprint density at radius 1 is 1.41 bits per heavy atom. The van der Waals surface area contributed by atoms with Crippen LogP contribution in [0.2, 0.25) is 0 Å². The molecule has 1 N–H and O–H groups in total. The maximum absolute atomic E-state index is 11.2. The highest BCUT2D eigenvalue weighted by Gasteiger charge is 2.34. The molecule has 0 aromatic rings. The number of nitrogens with zero attached hydrogens (tertiary/aromatic N) is 2. The van der Waals surface area contributed by atoms with Crippen LogP contribution < -0.4 is 0 Å². The first kappa shape index (κ1) is 12.8. The summed E-state index contributed by atoms with van der Waals surface area (Å²) in [6.07, 6.45) is 3.77. The van der Waals surface area contributed by atoms with Crippen LogP contribution in [0.4, 0.5) is 0 Å². The Labute approximate surface area is 102 Å². The van der Waals surface area contributed by atoms with Crippen LogP contribution in [0.1, 0.15) is 19.3 Å². The fourth-order valence-electron chi connectivity index (χ4n) is 2.95. The fraction of sp³-hybridized carbons (Fsp3) is 0.917. The van der Waals surface area contributed by atoms with Gasteiger partial charge < -0.3 is 9.84 Å². The van der Waals surface area contributed by atoms with E-state index in [0.29, 0.717) is 6.04 Å². The molecule has 2 aliphatic heterocycles. The average molecular weight is 242 g/mol. The van der Waals surface area contributed by atoms with E-state index < -0.39 is 12.0 Å². The Balaban J connectivity index is 1.95. The highest BCUT2D eigenvalue weighted by molar-refractivity contribution is 5.73. The molecular weight excluding hydrogens is 220 g/mol. The van der Waals surface area contributed by atoms with Crippen molar-refractivity contribution in [3.63, 3.8) is 0 Å². The second-order valence-electron chi connectivity index (χ2n) is 4.99. The molecule has 0 spiro atoms. The third-order valence-corrected chi connectivity index (χ3v) is 3.92. The molecule has 2 aliphatic rings. The predicted molar refractivity (Wildman–Crippen MR) is 64.1 cm³/mol. The van der Waals surface area contributed by atoms with Gasteiger partial charge in [0.1, 0.15) is 6.04 Å². The number of piperidine rings is 1. The lowest BCUT2D eigenvalue weighted by atomic mass is 9.98. The molecule has 0 aromatic carbocycles. The molecule has 0 radical (unpaired) electrons. The van der Waals surface area contributed by atoms with Crippen molar-refractivity contribution < 1.29 is 14.6 Å². The Morgan fingerprint density at radius 2 is 2.24 bits per heavy atom. The van der Waals surface area contributed by atoms with Gasteiger partial charge in [-0.1, -0.05) is 6.42 Å². The highest BCUT2D eigenvalue weighted by atomic mass is 16.5. The molecule has 2 unspecified atom stereocenters. The predicted octanol–water partition coefficient (Wildman–Crippen LogP) is 0.256. The molecule has 0 amide bonds. The molecule has 0 aromatic heterocycles. The molecule has 2 heterocycles. The summed E-state index contributed by atoms with van der Waals surface area (Å²) < 4.78 is 5.02. The van der Waals surface area contributed by atoms with Crippen LogP contribution in [0.5, 0.6) is 0 Å². The molecule has 0 bridgehead atoms. The first-order valence-electron chi connectivity index (χ1n) is 6.42. The summed E-state index contributed by atoms with van der Waals surface area (Å²) in [5.74, 6) is -0.767. The van der Waals surface area contributed by atoms with Crippen molar-refractivity contribution in [2.45, 2.75) is 31.3 Å². The molecule has 5 heteroatoms. The van der Waals surface area contributed by atoms with Gasteiger partial charge in [0.25, 0.3) is 0 Å². The SMILES string of the molecule is COCC(C(=O)O)N1CCN2CCCCC2C1. The van der Waals surface area contributed by atoms with Crippen LogP contribution in [0.25, 0.3) is 0 Å². The average Bonchev–Trinajstić information content (AvgIpc) is 2.35. The Morgan fingerprint density at radius 3 is 2.94 bits per heavy atom. The number of hydrogen-bond acceptors (Lipinski definition) is 4. The van der Waals surface area contributed by atoms with E-state index in [0.717, 1.165) is 19.6 Å². The molecule has 2 atom stereocenters.